The number of unbranched alkanes of at least 4 members (excludes halogenated alkanes) is 1. The summed E-state index contributed by atoms with van der Waals surface area (Å²) in [6.45, 7) is 6.85. The smallest absolute Gasteiger partial charge is 0.0196 e. The van der Waals surface area contributed by atoms with Crippen molar-refractivity contribution in [1.82, 2.24) is 5.32 Å². The van der Waals surface area contributed by atoms with E-state index in [1.54, 1.807) is 0 Å². The number of rotatable bonds is 4. The van der Waals surface area contributed by atoms with E-state index in [0.717, 1.165) is 6.04 Å². The first-order valence-corrected chi connectivity index (χ1v) is 5.00. The van der Waals surface area contributed by atoms with Crippen molar-refractivity contribution < 1.29 is 0 Å². The summed E-state index contributed by atoms with van der Waals surface area (Å²) in [5.41, 5.74) is 0.537. The molecule has 0 radical (unpaired) electrons. The lowest BCUT2D eigenvalue weighted by Crippen LogP contribution is -2.61. The molecule has 0 amide bonds. The molecule has 66 valence electrons. The van der Waals surface area contributed by atoms with Crippen LogP contribution in [0.15, 0.2) is 0 Å². The Balaban J connectivity index is 2.26. The highest BCUT2D eigenvalue weighted by Gasteiger charge is 2.38. The zero-order chi connectivity index (χ0) is 8.32. The summed E-state index contributed by atoms with van der Waals surface area (Å²) in [6.07, 6.45) is 6.79. The largest absolute Gasteiger partial charge is 0.309 e. The van der Waals surface area contributed by atoms with E-state index in [9.17, 15) is 0 Å². The van der Waals surface area contributed by atoms with Gasteiger partial charge in [0.15, 0.2) is 0 Å². The van der Waals surface area contributed by atoms with Crippen molar-refractivity contribution in [2.45, 2.75) is 64.5 Å². The molecule has 0 bridgehead atoms. The van der Waals surface area contributed by atoms with Gasteiger partial charge in [-0.2, -0.15) is 0 Å². The van der Waals surface area contributed by atoms with E-state index in [1.807, 2.05) is 0 Å². The summed E-state index contributed by atoms with van der Waals surface area (Å²) in [5.74, 6) is 0. The predicted molar refractivity (Wildman–Crippen MR) is 49.8 cm³/mol. The molecule has 1 aliphatic heterocycles. The quantitative estimate of drug-likeness (QED) is 0.658. The van der Waals surface area contributed by atoms with Gasteiger partial charge in [-0.1, -0.05) is 26.7 Å². The average Bonchev–Trinajstić information content (AvgIpc) is 1.96. The molecule has 11 heavy (non-hydrogen) atoms. The third kappa shape index (κ3) is 1.96. The van der Waals surface area contributed by atoms with E-state index in [-0.39, 0.29) is 0 Å². The van der Waals surface area contributed by atoms with Gasteiger partial charge in [-0.05, 0) is 26.2 Å². The Hall–Kier alpha value is -0.0400. The van der Waals surface area contributed by atoms with Crippen LogP contribution in [0.25, 0.3) is 0 Å². The monoisotopic (exact) mass is 155 g/mol. The summed E-state index contributed by atoms with van der Waals surface area (Å²) in [5, 5.41) is 3.64. The second-order valence-corrected chi connectivity index (χ2v) is 3.99. The summed E-state index contributed by atoms with van der Waals surface area (Å²) in [6, 6.07) is 0.770. The zero-order valence-corrected chi connectivity index (χ0v) is 8.11. The Labute approximate surface area is 70.6 Å². The van der Waals surface area contributed by atoms with E-state index in [0.29, 0.717) is 5.54 Å². The molecule has 1 nitrogen and oxygen atoms in total. The fourth-order valence-corrected chi connectivity index (χ4v) is 2.20. The van der Waals surface area contributed by atoms with Crippen molar-refractivity contribution in [3.8, 4) is 0 Å². The fourth-order valence-electron chi connectivity index (χ4n) is 2.20. The van der Waals surface area contributed by atoms with Crippen molar-refractivity contribution in [1.29, 1.82) is 0 Å². The molecule has 0 aromatic carbocycles. The molecule has 2 unspecified atom stereocenters. The lowest BCUT2D eigenvalue weighted by molar-refractivity contribution is 0.126. The predicted octanol–water partition coefficient (Wildman–Crippen LogP) is 2.71. The minimum atomic E-state index is 0.537. The van der Waals surface area contributed by atoms with Crippen LogP contribution in [0.5, 0.6) is 0 Å². The third-order valence-corrected chi connectivity index (χ3v) is 2.94. The normalized spacial score (nSPS) is 36.8. The molecular formula is C10H21N. The number of nitrogens with one attached hydrogen (secondary N) is 1. The van der Waals surface area contributed by atoms with E-state index in [2.05, 4.69) is 26.1 Å². The van der Waals surface area contributed by atoms with Crippen LogP contribution in [-0.4, -0.2) is 11.6 Å². The van der Waals surface area contributed by atoms with Gasteiger partial charge in [-0.15, -0.1) is 0 Å². The van der Waals surface area contributed by atoms with Crippen LogP contribution in [0.2, 0.25) is 0 Å². The van der Waals surface area contributed by atoms with Crippen molar-refractivity contribution in [2.24, 2.45) is 0 Å². The van der Waals surface area contributed by atoms with Gasteiger partial charge in [0, 0.05) is 11.6 Å². The van der Waals surface area contributed by atoms with Crippen LogP contribution in [0.4, 0.5) is 0 Å². The molecule has 1 aliphatic rings. The third-order valence-electron chi connectivity index (χ3n) is 2.94. The fraction of sp³-hybridized carbons (Fsp3) is 1.00. The van der Waals surface area contributed by atoms with E-state index in [4.69, 9.17) is 0 Å². The van der Waals surface area contributed by atoms with Crippen LogP contribution in [-0.2, 0) is 0 Å². The van der Waals surface area contributed by atoms with Gasteiger partial charge in [-0.3, -0.25) is 0 Å². The Morgan fingerprint density at radius 3 is 2.45 bits per heavy atom. The summed E-state index contributed by atoms with van der Waals surface area (Å²) >= 11 is 0. The first kappa shape index (κ1) is 9.05. The Bertz CT molecular complexity index is 114. The van der Waals surface area contributed by atoms with Crippen LogP contribution in [0.3, 0.4) is 0 Å². The SMILES string of the molecule is CCCCC1(CC)CC(C)N1. The first-order valence-electron chi connectivity index (χ1n) is 5.00. The summed E-state index contributed by atoms with van der Waals surface area (Å²) in [7, 11) is 0. The van der Waals surface area contributed by atoms with Gasteiger partial charge < -0.3 is 5.32 Å². The highest BCUT2D eigenvalue weighted by Crippen LogP contribution is 2.32. The first-order chi connectivity index (χ1) is 5.22. The van der Waals surface area contributed by atoms with Crippen molar-refractivity contribution in [2.75, 3.05) is 0 Å². The van der Waals surface area contributed by atoms with Gasteiger partial charge in [0.05, 0.1) is 0 Å². The summed E-state index contributed by atoms with van der Waals surface area (Å²) in [4.78, 5) is 0. The van der Waals surface area contributed by atoms with Gasteiger partial charge in [0.2, 0.25) is 0 Å². The summed E-state index contributed by atoms with van der Waals surface area (Å²) < 4.78 is 0. The molecule has 0 saturated carbocycles. The van der Waals surface area contributed by atoms with Crippen LogP contribution < -0.4 is 5.32 Å². The van der Waals surface area contributed by atoms with Gasteiger partial charge in [0.25, 0.3) is 0 Å². The number of hydrogen-bond acceptors (Lipinski definition) is 1. The van der Waals surface area contributed by atoms with E-state index in [1.165, 1.54) is 32.1 Å². The molecule has 0 aliphatic carbocycles. The highest BCUT2D eigenvalue weighted by atomic mass is 15.1. The minimum Gasteiger partial charge on any atom is -0.309 e. The Morgan fingerprint density at radius 1 is 1.45 bits per heavy atom. The molecule has 1 heteroatoms. The van der Waals surface area contributed by atoms with Crippen LogP contribution >= 0.6 is 0 Å². The van der Waals surface area contributed by atoms with Gasteiger partial charge in [-0.25, -0.2) is 0 Å². The van der Waals surface area contributed by atoms with Crippen LogP contribution in [0, 0.1) is 0 Å². The maximum absolute atomic E-state index is 3.64. The molecule has 0 aromatic rings. The van der Waals surface area contributed by atoms with Crippen molar-refractivity contribution >= 4 is 0 Å². The average molecular weight is 155 g/mol. The molecule has 0 aromatic heterocycles. The second-order valence-electron chi connectivity index (χ2n) is 3.99. The van der Waals surface area contributed by atoms with Gasteiger partial charge >= 0.3 is 0 Å². The lowest BCUT2D eigenvalue weighted by atomic mass is 9.76. The maximum Gasteiger partial charge on any atom is 0.0196 e. The van der Waals surface area contributed by atoms with Crippen LogP contribution in [0.1, 0.15) is 52.9 Å². The Morgan fingerprint density at radius 2 is 2.09 bits per heavy atom. The Kier molecular flexibility index (Phi) is 2.94. The molecule has 1 N–H and O–H groups in total. The van der Waals surface area contributed by atoms with Gasteiger partial charge in [0.1, 0.15) is 0 Å². The number of hydrogen-bond donors (Lipinski definition) is 1. The van der Waals surface area contributed by atoms with E-state index >= 15 is 0 Å². The minimum absolute atomic E-state index is 0.537. The molecular weight excluding hydrogens is 134 g/mol. The molecule has 1 heterocycles. The topological polar surface area (TPSA) is 12.0 Å². The highest BCUT2D eigenvalue weighted by molar-refractivity contribution is 5.00. The molecule has 0 spiro atoms. The standard InChI is InChI=1S/C10H21N/c1-4-6-7-10(5-2)8-9(3)11-10/h9,11H,4-8H2,1-3H3. The lowest BCUT2D eigenvalue weighted by Gasteiger charge is -2.48. The zero-order valence-electron chi connectivity index (χ0n) is 8.11. The molecule has 1 fully saturated rings. The van der Waals surface area contributed by atoms with E-state index < -0.39 is 0 Å². The molecule has 1 saturated heterocycles. The van der Waals surface area contributed by atoms with Crippen molar-refractivity contribution in [3.05, 3.63) is 0 Å². The maximum atomic E-state index is 3.64. The van der Waals surface area contributed by atoms with Crippen molar-refractivity contribution in [3.63, 3.8) is 0 Å². The molecule has 1 rings (SSSR count). The second kappa shape index (κ2) is 3.57. The molecule has 2 atom stereocenters.